The van der Waals surface area contributed by atoms with Crippen LogP contribution in [0.3, 0.4) is 0 Å². The molecule has 1 atom stereocenters. The molecule has 2 rings (SSSR count). The third-order valence-corrected chi connectivity index (χ3v) is 3.23. The van der Waals surface area contributed by atoms with Crippen molar-refractivity contribution in [1.29, 1.82) is 0 Å². The van der Waals surface area contributed by atoms with Gasteiger partial charge in [0.15, 0.2) is 0 Å². The van der Waals surface area contributed by atoms with E-state index in [9.17, 15) is 0 Å². The summed E-state index contributed by atoms with van der Waals surface area (Å²) < 4.78 is 5.79. The average molecular weight is 255 g/mol. The summed E-state index contributed by atoms with van der Waals surface area (Å²) in [5.74, 6) is 0.267. The van der Waals surface area contributed by atoms with Crippen molar-refractivity contribution in [2.75, 3.05) is 13.2 Å². The molecule has 0 aliphatic carbocycles. The molecule has 2 heteroatoms. The minimum absolute atomic E-state index is 0.267. The van der Waals surface area contributed by atoms with Crippen LogP contribution in [0.5, 0.6) is 0 Å². The van der Waals surface area contributed by atoms with Crippen molar-refractivity contribution in [1.82, 2.24) is 0 Å². The first-order valence-corrected chi connectivity index (χ1v) is 6.68. The first-order valence-electron chi connectivity index (χ1n) is 6.68. The van der Waals surface area contributed by atoms with Crippen LogP contribution in [0, 0.1) is 6.92 Å². The van der Waals surface area contributed by atoms with Gasteiger partial charge in [-0.05, 0) is 18.1 Å². The van der Waals surface area contributed by atoms with Gasteiger partial charge in [0.2, 0.25) is 0 Å². The molecule has 0 bridgehead atoms. The lowest BCUT2D eigenvalue weighted by molar-refractivity contribution is 0.108. The van der Waals surface area contributed by atoms with Crippen molar-refractivity contribution in [3.63, 3.8) is 0 Å². The van der Waals surface area contributed by atoms with Crippen LogP contribution in [0.4, 0.5) is 0 Å². The Hall–Kier alpha value is -1.64. The molecule has 0 aliphatic heterocycles. The predicted octanol–water partition coefficient (Wildman–Crippen LogP) is 3.25. The monoisotopic (exact) mass is 255 g/mol. The summed E-state index contributed by atoms with van der Waals surface area (Å²) in [6, 6.07) is 18.7. The zero-order valence-corrected chi connectivity index (χ0v) is 11.4. The third kappa shape index (κ3) is 4.19. The van der Waals surface area contributed by atoms with Crippen LogP contribution in [0.15, 0.2) is 54.6 Å². The van der Waals surface area contributed by atoms with Crippen LogP contribution in [0.1, 0.15) is 22.6 Å². The van der Waals surface area contributed by atoms with Gasteiger partial charge in [-0.1, -0.05) is 60.2 Å². The van der Waals surface area contributed by atoms with E-state index >= 15 is 0 Å². The van der Waals surface area contributed by atoms with Crippen molar-refractivity contribution in [3.8, 4) is 0 Å². The van der Waals surface area contributed by atoms with Crippen LogP contribution in [0.2, 0.25) is 0 Å². The second kappa shape index (κ2) is 7.07. The Labute approximate surface area is 115 Å². The molecule has 19 heavy (non-hydrogen) atoms. The van der Waals surface area contributed by atoms with Crippen LogP contribution >= 0.6 is 0 Å². The molecule has 2 aromatic rings. The molecule has 0 saturated heterocycles. The normalized spacial score (nSPS) is 12.3. The summed E-state index contributed by atoms with van der Waals surface area (Å²) in [5.41, 5.74) is 9.57. The van der Waals surface area contributed by atoms with E-state index in [0.29, 0.717) is 19.8 Å². The Kier molecular flexibility index (Phi) is 5.13. The van der Waals surface area contributed by atoms with E-state index in [-0.39, 0.29) is 5.92 Å². The van der Waals surface area contributed by atoms with Crippen LogP contribution in [-0.2, 0) is 11.3 Å². The highest BCUT2D eigenvalue weighted by Gasteiger charge is 2.10. The average Bonchev–Trinajstić information content (AvgIpc) is 2.45. The highest BCUT2D eigenvalue weighted by Crippen LogP contribution is 2.17. The van der Waals surface area contributed by atoms with Crippen LogP contribution in [-0.4, -0.2) is 13.2 Å². The highest BCUT2D eigenvalue weighted by molar-refractivity contribution is 5.25. The number of aryl methyl sites for hydroxylation is 1. The fourth-order valence-electron chi connectivity index (χ4n) is 2.12. The molecule has 2 aromatic carbocycles. The van der Waals surface area contributed by atoms with Crippen LogP contribution in [0.25, 0.3) is 0 Å². The predicted molar refractivity (Wildman–Crippen MR) is 79.1 cm³/mol. The zero-order valence-electron chi connectivity index (χ0n) is 11.4. The van der Waals surface area contributed by atoms with E-state index in [4.69, 9.17) is 10.5 Å². The summed E-state index contributed by atoms with van der Waals surface area (Å²) in [7, 11) is 0. The highest BCUT2D eigenvalue weighted by atomic mass is 16.5. The van der Waals surface area contributed by atoms with Crippen molar-refractivity contribution in [2.24, 2.45) is 5.73 Å². The van der Waals surface area contributed by atoms with Crippen molar-refractivity contribution < 1.29 is 4.74 Å². The molecule has 0 fully saturated rings. The van der Waals surface area contributed by atoms with Gasteiger partial charge in [-0.25, -0.2) is 0 Å². The number of rotatable bonds is 6. The van der Waals surface area contributed by atoms with Gasteiger partial charge in [-0.2, -0.15) is 0 Å². The van der Waals surface area contributed by atoms with Gasteiger partial charge in [0.1, 0.15) is 0 Å². The summed E-state index contributed by atoms with van der Waals surface area (Å²) >= 11 is 0. The lowest BCUT2D eigenvalue weighted by atomic mass is 9.98. The molecular formula is C17H21NO. The lowest BCUT2D eigenvalue weighted by Crippen LogP contribution is -2.18. The second-order valence-corrected chi connectivity index (χ2v) is 4.85. The van der Waals surface area contributed by atoms with Gasteiger partial charge >= 0.3 is 0 Å². The van der Waals surface area contributed by atoms with Gasteiger partial charge in [0.25, 0.3) is 0 Å². The molecule has 0 amide bonds. The molecule has 0 saturated carbocycles. The number of ether oxygens (including phenoxy) is 1. The topological polar surface area (TPSA) is 35.2 Å². The number of hydrogen-bond donors (Lipinski definition) is 1. The minimum Gasteiger partial charge on any atom is -0.376 e. The second-order valence-electron chi connectivity index (χ2n) is 4.85. The quantitative estimate of drug-likeness (QED) is 0.860. The minimum atomic E-state index is 0.267. The SMILES string of the molecule is Cc1cccc(C(CN)COCc2ccccc2)c1. The van der Waals surface area contributed by atoms with Crippen molar-refractivity contribution >= 4 is 0 Å². The van der Waals surface area contributed by atoms with Gasteiger partial charge in [-0.15, -0.1) is 0 Å². The standard InChI is InChI=1S/C17H21NO/c1-14-6-5-9-16(10-14)17(11-18)13-19-12-15-7-3-2-4-8-15/h2-10,17H,11-13,18H2,1H3. The first-order chi connectivity index (χ1) is 9.29. The van der Waals surface area contributed by atoms with Crippen molar-refractivity contribution in [2.45, 2.75) is 19.4 Å². The maximum absolute atomic E-state index is 5.85. The van der Waals surface area contributed by atoms with E-state index in [1.54, 1.807) is 0 Å². The fraction of sp³-hybridized carbons (Fsp3) is 0.294. The van der Waals surface area contributed by atoms with Crippen molar-refractivity contribution in [3.05, 3.63) is 71.3 Å². The fourth-order valence-corrected chi connectivity index (χ4v) is 2.12. The van der Waals surface area contributed by atoms with Gasteiger partial charge < -0.3 is 10.5 Å². The lowest BCUT2D eigenvalue weighted by Gasteiger charge is -2.16. The Bertz CT molecular complexity index is 496. The smallest absolute Gasteiger partial charge is 0.0717 e. The molecule has 1 unspecified atom stereocenters. The molecule has 100 valence electrons. The third-order valence-electron chi connectivity index (χ3n) is 3.23. The molecule has 0 radical (unpaired) electrons. The number of benzene rings is 2. The van der Waals surface area contributed by atoms with E-state index in [1.807, 2.05) is 18.2 Å². The largest absolute Gasteiger partial charge is 0.376 e. The summed E-state index contributed by atoms with van der Waals surface area (Å²) in [5, 5.41) is 0. The Morgan fingerprint density at radius 3 is 2.53 bits per heavy atom. The summed E-state index contributed by atoms with van der Waals surface area (Å²) in [6.45, 7) is 4.01. The molecule has 2 nitrogen and oxygen atoms in total. The molecule has 2 N–H and O–H groups in total. The summed E-state index contributed by atoms with van der Waals surface area (Å²) in [4.78, 5) is 0. The Morgan fingerprint density at radius 1 is 1.05 bits per heavy atom. The van der Waals surface area contributed by atoms with Gasteiger partial charge in [-0.3, -0.25) is 0 Å². The maximum atomic E-state index is 5.85. The maximum Gasteiger partial charge on any atom is 0.0717 e. The zero-order chi connectivity index (χ0) is 13.5. The van der Waals surface area contributed by atoms with Gasteiger partial charge in [0.05, 0.1) is 13.2 Å². The first kappa shape index (κ1) is 13.8. The number of hydrogen-bond acceptors (Lipinski definition) is 2. The Morgan fingerprint density at radius 2 is 1.84 bits per heavy atom. The summed E-state index contributed by atoms with van der Waals surface area (Å²) in [6.07, 6.45) is 0. The van der Waals surface area contributed by atoms with Gasteiger partial charge in [0, 0.05) is 12.5 Å². The molecule has 0 spiro atoms. The van der Waals surface area contributed by atoms with E-state index in [2.05, 4.69) is 43.3 Å². The molecule has 0 heterocycles. The number of nitrogens with two attached hydrogens (primary N) is 1. The van der Waals surface area contributed by atoms with Crippen LogP contribution < -0.4 is 5.73 Å². The molecule has 0 aliphatic rings. The van der Waals surface area contributed by atoms with E-state index < -0.39 is 0 Å². The Balaban J connectivity index is 1.89. The molecule has 0 aromatic heterocycles. The molecular weight excluding hydrogens is 234 g/mol. The van der Waals surface area contributed by atoms with E-state index in [1.165, 1.54) is 16.7 Å². The van der Waals surface area contributed by atoms with E-state index in [0.717, 1.165) is 0 Å².